The van der Waals surface area contributed by atoms with Gasteiger partial charge in [-0.1, -0.05) is 32.0 Å². The second-order valence-electron chi connectivity index (χ2n) is 6.51. The van der Waals surface area contributed by atoms with Crippen LogP contribution in [0.2, 0.25) is 0 Å². The van der Waals surface area contributed by atoms with E-state index in [1.807, 2.05) is 30.1 Å². The van der Waals surface area contributed by atoms with E-state index in [0.717, 1.165) is 43.6 Å². The molecule has 1 aromatic carbocycles. The number of nitrogens with one attached hydrogen (secondary N) is 1. The van der Waals surface area contributed by atoms with Crippen LogP contribution in [0.1, 0.15) is 42.6 Å². The molecule has 3 nitrogen and oxygen atoms in total. The number of nitrogens with zero attached hydrogens (tertiary/aromatic N) is 1. The summed E-state index contributed by atoms with van der Waals surface area (Å²) in [5, 5.41) is 3.15. The molecule has 1 aliphatic heterocycles. The molecule has 0 saturated carbocycles. The Labute approximate surface area is 122 Å². The summed E-state index contributed by atoms with van der Waals surface area (Å²) in [7, 11) is 1.94. The van der Waals surface area contributed by atoms with Crippen molar-refractivity contribution in [2.75, 3.05) is 26.7 Å². The van der Waals surface area contributed by atoms with Crippen molar-refractivity contribution in [3.8, 4) is 0 Å². The first kappa shape index (κ1) is 15.0. The molecular formula is C17H26N2O. The fourth-order valence-corrected chi connectivity index (χ4v) is 2.97. The molecule has 0 radical (unpaired) electrons. The van der Waals surface area contributed by atoms with Crippen molar-refractivity contribution in [2.45, 2.75) is 33.1 Å². The molecule has 1 heterocycles. The van der Waals surface area contributed by atoms with E-state index in [2.05, 4.69) is 25.2 Å². The summed E-state index contributed by atoms with van der Waals surface area (Å²) >= 11 is 0. The summed E-state index contributed by atoms with van der Waals surface area (Å²) in [5.41, 5.74) is 2.27. The molecule has 20 heavy (non-hydrogen) atoms. The van der Waals surface area contributed by atoms with Gasteiger partial charge in [-0.3, -0.25) is 4.79 Å². The summed E-state index contributed by atoms with van der Waals surface area (Å²) in [6.07, 6.45) is 3.21. The second-order valence-corrected chi connectivity index (χ2v) is 6.51. The van der Waals surface area contributed by atoms with Crippen LogP contribution in [0.25, 0.3) is 0 Å². The summed E-state index contributed by atoms with van der Waals surface area (Å²) < 4.78 is 0. The van der Waals surface area contributed by atoms with Crippen molar-refractivity contribution in [1.82, 2.24) is 10.2 Å². The van der Waals surface area contributed by atoms with Crippen LogP contribution in [0.4, 0.5) is 0 Å². The molecule has 1 fully saturated rings. The van der Waals surface area contributed by atoms with E-state index in [-0.39, 0.29) is 11.3 Å². The lowest BCUT2D eigenvalue weighted by Crippen LogP contribution is -2.43. The Morgan fingerprint density at radius 2 is 2.10 bits per heavy atom. The number of benzene rings is 1. The number of likely N-dealkylation sites (tertiary alicyclic amines) is 1. The van der Waals surface area contributed by atoms with Gasteiger partial charge < -0.3 is 10.2 Å². The summed E-state index contributed by atoms with van der Waals surface area (Å²) in [6, 6.07) is 8.02. The highest BCUT2D eigenvalue weighted by Crippen LogP contribution is 2.29. The molecule has 2 rings (SSSR count). The molecule has 0 aliphatic carbocycles. The van der Waals surface area contributed by atoms with E-state index in [4.69, 9.17) is 0 Å². The van der Waals surface area contributed by atoms with Gasteiger partial charge in [0.25, 0.3) is 5.91 Å². The van der Waals surface area contributed by atoms with Gasteiger partial charge in [0.15, 0.2) is 0 Å². The Hall–Kier alpha value is -1.35. The minimum absolute atomic E-state index is 0.199. The molecule has 0 spiro atoms. The summed E-state index contributed by atoms with van der Waals surface area (Å²) in [6.45, 7) is 7.16. The van der Waals surface area contributed by atoms with Crippen LogP contribution in [-0.4, -0.2) is 37.5 Å². The zero-order valence-electron chi connectivity index (χ0n) is 12.9. The van der Waals surface area contributed by atoms with Gasteiger partial charge >= 0.3 is 0 Å². The molecule has 0 unspecified atom stereocenters. The molecule has 1 N–H and O–H groups in total. The molecule has 1 saturated heterocycles. The quantitative estimate of drug-likeness (QED) is 0.915. The Morgan fingerprint density at radius 1 is 1.35 bits per heavy atom. The van der Waals surface area contributed by atoms with E-state index in [9.17, 15) is 4.79 Å². The highest BCUT2D eigenvalue weighted by molar-refractivity contribution is 5.95. The van der Waals surface area contributed by atoms with Gasteiger partial charge in [-0.05, 0) is 49.9 Å². The first-order valence-electron chi connectivity index (χ1n) is 7.55. The van der Waals surface area contributed by atoms with Crippen molar-refractivity contribution in [2.24, 2.45) is 5.41 Å². The number of carbonyl (C=O) groups excluding carboxylic acids is 1. The number of amides is 1. The lowest BCUT2D eigenvalue weighted by Gasteiger charge is -2.38. The second kappa shape index (κ2) is 6.40. The monoisotopic (exact) mass is 274 g/mol. The Bertz CT molecular complexity index is 468. The Balaban J connectivity index is 2.16. The molecule has 0 bridgehead atoms. The average Bonchev–Trinajstić information content (AvgIpc) is 2.43. The van der Waals surface area contributed by atoms with Gasteiger partial charge in [-0.2, -0.15) is 0 Å². The first-order chi connectivity index (χ1) is 9.53. The molecule has 1 aliphatic rings. The largest absolute Gasteiger partial charge is 0.338 e. The Kier molecular flexibility index (Phi) is 4.81. The molecular weight excluding hydrogens is 248 g/mol. The number of carbonyl (C=O) groups is 1. The normalized spacial score (nSPS) is 18.1. The zero-order valence-corrected chi connectivity index (χ0v) is 12.9. The van der Waals surface area contributed by atoms with Gasteiger partial charge in [-0.15, -0.1) is 0 Å². The smallest absolute Gasteiger partial charge is 0.254 e. The minimum atomic E-state index is 0.199. The number of piperidine rings is 1. The Morgan fingerprint density at radius 3 is 2.80 bits per heavy atom. The van der Waals surface area contributed by atoms with Gasteiger partial charge in [-0.25, -0.2) is 0 Å². The highest BCUT2D eigenvalue weighted by Gasteiger charge is 2.30. The molecule has 3 heteroatoms. The maximum absolute atomic E-state index is 12.8. The predicted molar refractivity (Wildman–Crippen MR) is 83.0 cm³/mol. The van der Waals surface area contributed by atoms with Gasteiger partial charge in [0.2, 0.25) is 0 Å². The average molecular weight is 274 g/mol. The summed E-state index contributed by atoms with van der Waals surface area (Å²) in [4.78, 5) is 14.8. The van der Waals surface area contributed by atoms with Crippen LogP contribution in [-0.2, 0) is 6.42 Å². The third-order valence-electron chi connectivity index (χ3n) is 4.08. The van der Waals surface area contributed by atoms with E-state index in [0.29, 0.717) is 0 Å². The molecule has 0 atom stereocenters. The lowest BCUT2D eigenvalue weighted by atomic mass is 9.84. The minimum Gasteiger partial charge on any atom is -0.338 e. The first-order valence-corrected chi connectivity index (χ1v) is 7.55. The standard InChI is InChI=1S/C17H26N2O/c1-17(2)10-6-12-19(13-17)16(20)15-8-5-4-7-14(15)9-11-18-3/h4-5,7-8,18H,6,9-13H2,1-3H3. The van der Waals surface area contributed by atoms with E-state index in [1.54, 1.807) is 0 Å². The van der Waals surface area contributed by atoms with Crippen LogP contribution < -0.4 is 5.32 Å². The van der Waals surface area contributed by atoms with Gasteiger partial charge in [0.1, 0.15) is 0 Å². The SMILES string of the molecule is CNCCc1ccccc1C(=O)N1CCCC(C)(C)C1. The van der Waals surface area contributed by atoms with E-state index < -0.39 is 0 Å². The number of hydrogen-bond donors (Lipinski definition) is 1. The molecule has 1 amide bonds. The number of rotatable bonds is 4. The third-order valence-corrected chi connectivity index (χ3v) is 4.08. The number of likely N-dealkylation sites (N-methyl/N-ethyl adjacent to an activating group) is 1. The molecule has 0 aromatic heterocycles. The van der Waals surface area contributed by atoms with Gasteiger partial charge in [0.05, 0.1) is 0 Å². The lowest BCUT2D eigenvalue weighted by molar-refractivity contribution is 0.0582. The zero-order chi connectivity index (χ0) is 14.6. The van der Waals surface area contributed by atoms with Crippen LogP contribution in [0, 0.1) is 5.41 Å². The summed E-state index contributed by atoms with van der Waals surface area (Å²) in [5.74, 6) is 0.199. The molecule has 110 valence electrons. The third kappa shape index (κ3) is 3.60. The maximum atomic E-state index is 12.8. The topological polar surface area (TPSA) is 32.3 Å². The fourth-order valence-electron chi connectivity index (χ4n) is 2.97. The van der Waals surface area contributed by atoms with Crippen molar-refractivity contribution in [3.05, 3.63) is 35.4 Å². The van der Waals surface area contributed by atoms with E-state index >= 15 is 0 Å². The maximum Gasteiger partial charge on any atom is 0.254 e. The van der Waals surface area contributed by atoms with Crippen molar-refractivity contribution < 1.29 is 4.79 Å². The van der Waals surface area contributed by atoms with Crippen LogP contribution in [0.15, 0.2) is 24.3 Å². The molecule has 1 aromatic rings. The predicted octanol–water partition coefficient (Wildman–Crippen LogP) is 2.71. The van der Waals surface area contributed by atoms with Crippen molar-refractivity contribution in [1.29, 1.82) is 0 Å². The van der Waals surface area contributed by atoms with Crippen molar-refractivity contribution >= 4 is 5.91 Å². The fraction of sp³-hybridized carbons (Fsp3) is 0.588. The van der Waals surface area contributed by atoms with E-state index in [1.165, 1.54) is 6.42 Å². The highest BCUT2D eigenvalue weighted by atomic mass is 16.2. The van der Waals surface area contributed by atoms with Crippen LogP contribution >= 0.6 is 0 Å². The van der Waals surface area contributed by atoms with Gasteiger partial charge in [0, 0.05) is 18.7 Å². The van der Waals surface area contributed by atoms with Crippen LogP contribution in [0.5, 0.6) is 0 Å². The van der Waals surface area contributed by atoms with Crippen LogP contribution in [0.3, 0.4) is 0 Å². The van der Waals surface area contributed by atoms with Crippen molar-refractivity contribution in [3.63, 3.8) is 0 Å². The number of hydrogen-bond acceptors (Lipinski definition) is 2.